The first kappa shape index (κ1) is 14.8. The third-order valence-corrected chi connectivity index (χ3v) is 2.59. The smallest absolute Gasteiger partial charge is 0.166 e. The zero-order valence-electron chi connectivity index (χ0n) is 10.2. The highest BCUT2D eigenvalue weighted by molar-refractivity contribution is 6.29. The van der Waals surface area contributed by atoms with Gasteiger partial charge >= 0.3 is 0 Å². The van der Waals surface area contributed by atoms with E-state index in [-0.39, 0.29) is 11.9 Å². The summed E-state index contributed by atoms with van der Waals surface area (Å²) >= 11 is 5.69. The first-order chi connectivity index (χ1) is 8.65. The molecule has 0 aliphatic rings. The predicted molar refractivity (Wildman–Crippen MR) is 69.0 cm³/mol. The molecule has 0 amide bonds. The lowest BCUT2D eigenvalue weighted by Gasteiger charge is -2.18. The minimum Gasteiger partial charge on any atom is -0.359 e. The van der Waals surface area contributed by atoms with Crippen LogP contribution >= 0.6 is 11.6 Å². The number of rotatable bonds is 7. The SMILES string of the molecule is C=CCc1cnc(Cl)c(F)c1C(C=C)OCOC. The van der Waals surface area contributed by atoms with E-state index in [4.69, 9.17) is 21.1 Å². The van der Waals surface area contributed by atoms with E-state index < -0.39 is 11.9 Å². The van der Waals surface area contributed by atoms with Crippen molar-refractivity contribution in [2.45, 2.75) is 12.5 Å². The third-order valence-electron chi connectivity index (χ3n) is 2.33. The van der Waals surface area contributed by atoms with Crippen molar-refractivity contribution in [3.05, 3.63) is 53.6 Å². The first-order valence-corrected chi connectivity index (χ1v) is 5.70. The van der Waals surface area contributed by atoms with Gasteiger partial charge in [0.1, 0.15) is 12.9 Å². The molecule has 5 heteroatoms. The molecule has 0 radical (unpaired) electrons. The highest BCUT2D eigenvalue weighted by Crippen LogP contribution is 2.29. The summed E-state index contributed by atoms with van der Waals surface area (Å²) in [7, 11) is 1.49. The summed E-state index contributed by atoms with van der Waals surface area (Å²) in [6.07, 6.45) is 4.48. The van der Waals surface area contributed by atoms with Gasteiger partial charge in [-0.05, 0) is 12.0 Å². The van der Waals surface area contributed by atoms with Gasteiger partial charge in [0.05, 0.1) is 0 Å². The normalized spacial score (nSPS) is 12.2. The Bertz CT molecular complexity index is 437. The van der Waals surface area contributed by atoms with Gasteiger partial charge in [0, 0.05) is 18.9 Å². The van der Waals surface area contributed by atoms with Crippen LogP contribution in [0.5, 0.6) is 0 Å². The Labute approximate surface area is 111 Å². The molecule has 3 nitrogen and oxygen atoms in total. The molecule has 1 aromatic heterocycles. The lowest BCUT2D eigenvalue weighted by molar-refractivity contribution is -0.0577. The zero-order chi connectivity index (χ0) is 13.5. The van der Waals surface area contributed by atoms with E-state index in [1.165, 1.54) is 19.4 Å². The van der Waals surface area contributed by atoms with Crippen molar-refractivity contribution in [1.29, 1.82) is 0 Å². The van der Waals surface area contributed by atoms with Crippen LogP contribution in [0.4, 0.5) is 4.39 Å². The number of allylic oxidation sites excluding steroid dienone is 1. The van der Waals surface area contributed by atoms with Gasteiger partial charge in [0.25, 0.3) is 0 Å². The molecule has 0 aliphatic carbocycles. The lowest BCUT2D eigenvalue weighted by Crippen LogP contribution is -2.10. The Kier molecular flexibility index (Phi) is 5.98. The largest absolute Gasteiger partial charge is 0.359 e. The minimum absolute atomic E-state index is 0.0313. The molecular weight excluding hydrogens is 257 g/mol. The molecule has 1 aromatic rings. The zero-order valence-corrected chi connectivity index (χ0v) is 10.9. The second kappa shape index (κ2) is 7.26. The molecule has 0 aromatic carbocycles. The molecule has 1 heterocycles. The standard InChI is InChI=1S/C13H15ClFNO2/c1-4-6-9-7-16-13(14)12(15)11(9)10(5-2)18-8-17-3/h4-5,7,10H,1-2,6,8H2,3H3. The van der Waals surface area contributed by atoms with Crippen molar-refractivity contribution in [3.63, 3.8) is 0 Å². The first-order valence-electron chi connectivity index (χ1n) is 5.32. The fourth-order valence-corrected chi connectivity index (χ4v) is 1.70. The lowest BCUT2D eigenvalue weighted by atomic mass is 10.0. The van der Waals surface area contributed by atoms with Crippen LogP contribution in [0.15, 0.2) is 31.5 Å². The Hall–Kier alpha value is -1.23. The van der Waals surface area contributed by atoms with Crippen LogP contribution in [0.1, 0.15) is 17.2 Å². The molecule has 18 heavy (non-hydrogen) atoms. The maximum absolute atomic E-state index is 14.1. The fraction of sp³-hybridized carbons (Fsp3) is 0.308. The molecule has 98 valence electrons. The minimum atomic E-state index is -0.639. The Balaban J connectivity index is 3.19. The van der Waals surface area contributed by atoms with Gasteiger partial charge in [0.15, 0.2) is 11.0 Å². The quantitative estimate of drug-likeness (QED) is 0.432. The summed E-state index contributed by atoms with van der Waals surface area (Å²) in [4.78, 5) is 3.78. The second-order valence-corrected chi connectivity index (χ2v) is 3.88. The monoisotopic (exact) mass is 271 g/mol. The number of pyridine rings is 1. The number of halogens is 2. The van der Waals surface area contributed by atoms with Crippen molar-refractivity contribution >= 4 is 11.6 Å². The predicted octanol–water partition coefficient (Wildman–Crippen LogP) is 3.45. The fourth-order valence-electron chi connectivity index (χ4n) is 1.55. The number of ether oxygens (including phenoxy) is 2. The molecule has 0 spiro atoms. The van der Waals surface area contributed by atoms with E-state index in [9.17, 15) is 4.39 Å². The van der Waals surface area contributed by atoms with Gasteiger partial charge < -0.3 is 9.47 Å². The van der Waals surface area contributed by atoms with Crippen LogP contribution in [0.2, 0.25) is 5.15 Å². The van der Waals surface area contributed by atoms with Gasteiger partial charge in [-0.2, -0.15) is 0 Å². The highest BCUT2D eigenvalue weighted by Gasteiger charge is 2.20. The second-order valence-electron chi connectivity index (χ2n) is 3.52. The molecular formula is C13H15ClFNO2. The maximum atomic E-state index is 14.1. The molecule has 1 rings (SSSR count). The summed E-state index contributed by atoms with van der Waals surface area (Å²) in [6, 6.07) is 0. The Morgan fingerprint density at radius 1 is 1.56 bits per heavy atom. The van der Waals surface area contributed by atoms with E-state index in [0.29, 0.717) is 17.5 Å². The summed E-state index contributed by atoms with van der Waals surface area (Å²) < 4.78 is 24.2. The number of nitrogens with zero attached hydrogens (tertiary/aromatic N) is 1. The molecule has 1 atom stereocenters. The summed E-state index contributed by atoms with van der Waals surface area (Å²) in [5.41, 5.74) is 0.981. The van der Waals surface area contributed by atoms with E-state index in [1.54, 1.807) is 6.08 Å². The summed E-state index contributed by atoms with van der Waals surface area (Å²) in [6.45, 7) is 7.28. The van der Waals surface area contributed by atoms with Crippen molar-refractivity contribution in [1.82, 2.24) is 4.98 Å². The van der Waals surface area contributed by atoms with Crippen molar-refractivity contribution in [2.75, 3.05) is 13.9 Å². The Morgan fingerprint density at radius 3 is 2.83 bits per heavy atom. The van der Waals surface area contributed by atoms with Gasteiger partial charge in [-0.1, -0.05) is 23.8 Å². The molecule has 0 bridgehead atoms. The number of aromatic nitrogens is 1. The van der Waals surface area contributed by atoms with Crippen molar-refractivity contribution in [3.8, 4) is 0 Å². The maximum Gasteiger partial charge on any atom is 0.166 e. The van der Waals surface area contributed by atoms with Gasteiger partial charge in [0.2, 0.25) is 0 Å². The molecule has 0 saturated carbocycles. The van der Waals surface area contributed by atoms with Gasteiger partial charge in [-0.3, -0.25) is 0 Å². The average Bonchev–Trinajstić information content (AvgIpc) is 2.37. The van der Waals surface area contributed by atoms with Gasteiger partial charge in [-0.15, -0.1) is 13.2 Å². The third kappa shape index (κ3) is 3.38. The van der Waals surface area contributed by atoms with E-state index >= 15 is 0 Å². The van der Waals surface area contributed by atoms with Crippen LogP contribution in [-0.4, -0.2) is 18.9 Å². The van der Waals surface area contributed by atoms with E-state index in [2.05, 4.69) is 18.1 Å². The summed E-state index contributed by atoms with van der Waals surface area (Å²) in [5, 5.41) is -0.189. The van der Waals surface area contributed by atoms with Crippen LogP contribution < -0.4 is 0 Å². The van der Waals surface area contributed by atoms with Crippen molar-refractivity contribution in [2.24, 2.45) is 0 Å². The molecule has 1 unspecified atom stereocenters. The van der Waals surface area contributed by atoms with Crippen molar-refractivity contribution < 1.29 is 13.9 Å². The number of hydrogen-bond acceptors (Lipinski definition) is 3. The van der Waals surface area contributed by atoms with Crippen LogP contribution in [-0.2, 0) is 15.9 Å². The molecule has 0 fully saturated rings. The number of methoxy groups -OCH3 is 1. The highest BCUT2D eigenvalue weighted by atomic mass is 35.5. The molecule has 0 aliphatic heterocycles. The summed E-state index contributed by atoms with van der Waals surface area (Å²) in [5.74, 6) is -0.600. The van der Waals surface area contributed by atoms with E-state index in [1.807, 2.05) is 0 Å². The average molecular weight is 272 g/mol. The molecule has 0 N–H and O–H groups in total. The molecule has 0 saturated heterocycles. The van der Waals surface area contributed by atoms with Crippen LogP contribution in [0.25, 0.3) is 0 Å². The number of hydrogen-bond donors (Lipinski definition) is 0. The van der Waals surface area contributed by atoms with Crippen LogP contribution in [0, 0.1) is 5.82 Å². The van der Waals surface area contributed by atoms with E-state index in [0.717, 1.165) is 0 Å². The van der Waals surface area contributed by atoms with Gasteiger partial charge in [-0.25, -0.2) is 9.37 Å². The Morgan fingerprint density at radius 2 is 2.28 bits per heavy atom. The van der Waals surface area contributed by atoms with Crippen LogP contribution in [0.3, 0.4) is 0 Å². The topological polar surface area (TPSA) is 31.4 Å².